The number of hydrogen-bond acceptors (Lipinski definition) is 5. The molecule has 1 aromatic rings. The number of piperidine rings is 1. The van der Waals surface area contributed by atoms with E-state index in [1.165, 1.54) is 0 Å². The lowest BCUT2D eigenvalue weighted by Crippen LogP contribution is -2.50. The van der Waals surface area contributed by atoms with Gasteiger partial charge in [0.1, 0.15) is 0 Å². The minimum absolute atomic E-state index is 0.111. The number of hydrogen-bond donors (Lipinski definition) is 2. The van der Waals surface area contributed by atoms with E-state index in [1.54, 1.807) is 12.1 Å². The van der Waals surface area contributed by atoms with Crippen LogP contribution in [-0.4, -0.2) is 61.4 Å². The molecule has 2 amide bonds. The molecule has 3 fully saturated rings. The van der Waals surface area contributed by atoms with Crippen molar-refractivity contribution in [1.29, 1.82) is 0 Å². The average molecular weight is 373 g/mol. The van der Waals surface area contributed by atoms with E-state index in [0.29, 0.717) is 24.5 Å². The van der Waals surface area contributed by atoms with E-state index < -0.39 is 0 Å². The summed E-state index contributed by atoms with van der Waals surface area (Å²) in [6.45, 7) is 2.35. The van der Waals surface area contributed by atoms with Gasteiger partial charge in [-0.25, -0.2) is 0 Å². The molecular weight excluding hydrogens is 346 g/mol. The van der Waals surface area contributed by atoms with Crippen LogP contribution in [0.2, 0.25) is 0 Å². The van der Waals surface area contributed by atoms with E-state index in [9.17, 15) is 9.59 Å². The third-order valence-electron chi connectivity index (χ3n) is 5.33. The summed E-state index contributed by atoms with van der Waals surface area (Å²) in [5.74, 6) is -0.247. The summed E-state index contributed by atoms with van der Waals surface area (Å²) in [7, 11) is 0. The van der Waals surface area contributed by atoms with Crippen molar-refractivity contribution in [1.82, 2.24) is 10.2 Å². The van der Waals surface area contributed by atoms with Gasteiger partial charge in [-0.05, 0) is 44.4 Å². The summed E-state index contributed by atoms with van der Waals surface area (Å²) in [6, 6.07) is 7.55. The largest absolute Gasteiger partial charge is 0.349 e. The monoisotopic (exact) mass is 373 g/mol. The predicted octanol–water partition coefficient (Wildman–Crippen LogP) is 1.74. The van der Waals surface area contributed by atoms with Crippen molar-refractivity contribution in [3.05, 3.63) is 29.8 Å². The van der Waals surface area contributed by atoms with Crippen molar-refractivity contribution in [2.75, 3.05) is 31.6 Å². The molecule has 7 heteroatoms. The van der Waals surface area contributed by atoms with Crippen LogP contribution in [-0.2, 0) is 14.3 Å². The molecule has 0 aromatic heterocycles. The summed E-state index contributed by atoms with van der Waals surface area (Å²) < 4.78 is 11.3. The number of nitrogens with one attached hydrogen (secondary N) is 2. The molecular formula is C20H27N3O4. The molecule has 1 atom stereocenters. The highest BCUT2D eigenvalue weighted by molar-refractivity contribution is 6.04. The Morgan fingerprint density at radius 1 is 1.07 bits per heavy atom. The van der Waals surface area contributed by atoms with Crippen molar-refractivity contribution < 1.29 is 19.1 Å². The standard InChI is InChI=1S/C20H27N3O4/c24-18(13-23-10-4-3-7-17(23)20-26-11-12-27-20)22-16-6-2-1-5-15(16)19(25)21-14-8-9-14/h1-2,5-6,14,17,20H,3-4,7-13H2,(H,21,25)(H,22,24). The molecule has 4 rings (SSSR count). The Labute approximate surface area is 159 Å². The molecule has 1 aromatic carbocycles. The zero-order chi connectivity index (χ0) is 18.6. The van der Waals surface area contributed by atoms with Gasteiger partial charge < -0.3 is 20.1 Å². The minimum atomic E-state index is -0.241. The molecule has 1 saturated carbocycles. The lowest BCUT2D eigenvalue weighted by Gasteiger charge is -2.37. The summed E-state index contributed by atoms with van der Waals surface area (Å²) >= 11 is 0. The molecule has 2 saturated heterocycles. The normalized spacial score (nSPS) is 23.9. The van der Waals surface area contributed by atoms with Gasteiger partial charge in [-0.1, -0.05) is 18.6 Å². The topological polar surface area (TPSA) is 79.9 Å². The number of likely N-dealkylation sites (tertiary alicyclic amines) is 1. The molecule has 0 spiro atoms. The Bertz CT molecular complexity index is 686. The van der Waals surface area contributed by atoms with Crippen LogP contribution >= 0.6 is 0 Å². The summed E-state index contributed by atoms with van der Waals surface area (Å²) in [6.07, 6.45) is 4.98. The summed E-state index contributed by atoms with van der Waals surface area (Å²) in [5.41, 5.74) is 1.07. The maximum atomic E-state index is 12.7. The Morgan fingerprint density at radius 3 is 2.63 bits per heavy atom. The van der Waals surface area contributed by atoms with E-state index in [-0.39, 0.29) is 36.7 Å². The number of nitrogens with zero attached hydrogens (tertiary/aromatic N) is 1. The highest BCUT2D eigenvalue weighted by atomic mass is 16.7. The van der Waals surface area contributed by atoms with Crippen molar-refractivity contribution in [2.24, 2.45) is 0 Å². The number of amides is 2. The Balaban J connectivity index is 1.39. The van der Waals surface area contributed by atoms with Gasteiger partial charge >= 0.3 is 0 Å². The highest BCUT2D eigenvalue weighted by Crippen LogP contribution is 2.25. The van der Waals surface area contributed by atoms with Gasteiger partial charge in [-0.3, -0.25) is 14.5 Å². The van der Waals surface area contributed by atoms with Gasteiger partial charge in [0.2, 0.25) is 5.91 Å². The number of carbonyl (C=O) groups excluding carboxylic acids is 2. The molecule has 2 aliphatic heterocycles. The molecule has 0 radical (unpaired) electrons. The van der Waals surface area contributed by atoms with Crippen LogP contribution in [0.15, 0.2) is 24.3 Å². The second-order valence-electron chi connectivity index (χ2n) is 7.49. The van der Waals surface area contributed by atoms with E-state index in [2.05, 4.69) is 15.5 Å². The first-order chi connectivity index (χ1) is 13.2. The molecule has 1 aliphatic carbocycles. The third kappa shape index (κ3) is 4.66. The first-order valence-corrected chi connectivity index (χ1v) is 9.88. The van der Waals surface area contributed by atoms with E-state index >= 15 is 0 Å². The molecule has 27 heavy (non-hydrogen) atoms. The SMILES string of the molecule is O=C(CN1CCCCC1C1OCCO1)Nc1ccccc1C(=O)NC1CC1. The molecule has 7 nitrogen and oxygen atoms in total. The first kappa shape index (κ1) is 18.4. The van der Waals surface area contributed by atoms with Gasteiger partial charge in [0.25, 0.3) is 5.91 Å². The maximum Gasteiger partial charge on any atom is 0.253 e. The van der Waals surface area contributed by atoms with Crippen molar-refractivity contribution in [3.63, 3.8) is 0 Å². The lowest BCUT2D eigenvalue weighted by atomic mass is 10.0. The fourth-order valence-corrected chi connectivity index (χ4v) is 3.78. The van der Waals surface area contributed by atoms with Gasteiger partial charge in [-0.2, -0.15) is 0 Å². The van der Waals surface area contributed by atoms with E-state index in [4.69, 9.17) is 9.47 Å². The zero-order valence-electron chi connectivity index (χ0n) is 15.5. The van der Waals surface area contributed by atoms with Gasteiger partial charge in [0.15, 0.2) is 6.29 Å². The molecule has 3 aliphatic rings. The van der Waals surface area contributed by atoms with Crippen molar-refractivity contribution in [3.8, 4) is 0 Å². The molecule has 0 bridgehead atoms. The number of rotatable bonds is 6. The Kier molecular flexibility index (Phi) is 5.71. The van der Waals surface area contributed by atoms with Crippen LogP contribution < -0.4 is 10.6 Å². The van der Waals surface area contributed by atoms with E-state index in [1.807, 2.05) is 12.1 Å². The van der Waals surface area contributed by atoms with Crippen LogP contribution in [0.5, 0.6) is 0 Å². The smallest absolute Gasteiger partial charge is 0.253 e. The molecule has 146 valence electrons. The van der Waals surface area contributed by atoms with Crippen molar-refractivity contribution >= 4 is 17.5 Å². The number of anilines is 1. The van der Waals surface area contributed by atoms with Crippen LogP contribution in [0.1, 0.15) is 42.5 Å². The van der Waals surface area contributed by atoms with Crippen LogP contribution in [0.3, 0.4) is 0 Å². The molecule has 2 N–H and O–H groups in total. The van der Waals surface area contributed by atoms with Crippen LogP contribution in [0.25, 0.3) is 0 Å². The van der Waals surface area contributed by atoms with Crippen molar-refractivity contribution in [2.45, 2.75) is 50.5 Å². The predicted molar refractivity (Wildman–Crippen MR) is 100 cm³/mol. The second-order valence-corrected chi connectivity index (χ2v) is 7.49. The maximum absolute atomic E-state index is 12.7. The van der Waals surface area contributed by atoms with Gasteiger partial charge in [0, 0.05) is 6.04 Å². The third-order valence-corrected chi connectivity index (χ3v) is 5.33. The number of benzene rings is 1. The first-order valence-electron chi connectivity index (χ1n) is 9.88. The number of carbonyl (C=O) groups is 2. The summed E-state index contributed by atoms with van der Waals surface area (Å²) in [5, 5.41) is 5.90. The lowest BCUT2D eigenvalue weighted by molar-refractivity contribution is -0.127. The van der Waals surface area contributed by atoms with Gasteiger partial charge in [0.05, 0.1) is 37.1 Å². The average Bonchev–Trinajstić information content (AvgIpc) is 3.31. The van der Waals surface area contributed by atoms with Gasteiger partial charge in [-0.15, -0.1) is 0 Å². The highest BCUT2D eigenvalue weighted by Gasteiger charge is 2.34. The fraction of sp³-hybridized carbons (Fsp3) is 0.600. The Hall–Kier alpha value is -1.96. The number of para-hydroxylation sites is 1. The van der Waals surface area contributed by atoms with Crippen LogP contribution in [0.4, 0.5) is 5.69 Å². The van der Waals surface area contributed by atoms with E-state index in [0.717, 1.165) is 38.6 Å². The number of ether oxygens (including phenoxy) is 2. The summed E-state index contributed by atoms with van der Waals surface area (Å²) in [4.78, 5) is 27.2. The zero-order valence-corrected chi connectivity index (χ0v) is 15.5. The molecule has 1 unspecified atom stereocenters. The fourth-order valence-electron chi connectivity index (χ4n) is 3.78. The van der Waals surface area contributed by atoms with Crippen LogP contribution in [0, 0.1) is 0 Å². The quantitative estimate of drug-likeness (QED) is 0.794. The Morgan fingerprint density at radius 2 is 1.85 bits per heavy atom. The second kappa shape index (κ2) is 8.37. The minimum Gasteiger partial charge on any atom is -0.349 e. The molecule has 2 heterocycles.